The van der Waals surface area contributed by atoms with Gasteiger partial charge in [0.15, 0.2) is 5.82 Å². The van der Waals surface area contributed by atoms with E-state index in [4.69, 9.17) is 15.0 Å². The highest BCUT2D eigenvalue weighted by Gasteiger charge is 2.63. The van der Waals surface area contributed by atoms with Gasteiger partial charge in [-0.25, -0.2) is 15.0 Å². The van der Waals surface area contributed by atoms with Gasteiger partial charge < -0.3 is 0 Å². The van der Waals surface area contributed by atoms with E-state index in [1.54, 1.807) is 22.3 Å². The van der Waals surface area contributed by atoms with Crippen LogP contribution in [-0.2, 0) is 16.2 Å². The molecule has 0 amide bonds. The number of aromatic nitrogens is 3. The lowest BCUT2D eigenvalue weighted by Crippen LogP contribution is -2.58. The van der Waals surface area contributed by atoms with Crippen molar-refractivity contribution in [2.45, 2.75) is 92.3 Å². The molecule has 77 heavy (non-hydrogen) atoms. The lowest BCUT2D eigenvalue weighted by molar-refractivity contribution is -0.0436. The van der Waals surface area contributed by atoms with E-state index in [0.29, 0.717) is 23.7 Å². The first-order valence-electron chi connectivity index (χ1n) is 29.5. The van der Waals surface area contributed by atoms with E-state index >= 15 is 0 Å². The van der Waals surface area contributed by atoms with Crippen LogP contribution in [0.3, 0.4) is 0 Å². The van der Waals surface area contributed by atoms with Crippen molar-refractivity contribution in [3.05, 3.63) is 291 Å². The van der Waals surface area contributed by atoms with Crippen LogP contribution in [0.15, 0.2) is 212 Å². The Morgan fingerprint density at radius 2 is 0.610 bits per heavy atom. The first kappa shape index (κ1) is 44.9. The Bertz CT molecular complexity index is 3350. The number of nitrogens with zero attached hydrogens (tertiary/aromatic N) is 3. The molecule has 1 heterocycles. The van der Waals surface area contributed by atoms with Crippen molar-refractivity contribution >= 4 is 0 Å². The topological polar surface area (TPSA) is 38.7 Å². The molecule has 0 saturated heterocycles. The number of benzene rings is 8. The standard InChI is InChI=1S/C74H65N3/c1-4-20-51(21-5-1)72(52-22-6-2-7-23-52,53-24-8-3-9-25-53)54-26-18-19-50(45-54)69-75-70(67-59-27-10-14-31-63(59)73(64-32-15-11-28-60(64)67)55-37-46-35-47(39-55)40-56(73)38-46)77-71(76-69)68-61-29-12-16-33-65(61)74(66-34-17-13-30-62(66)68)57-41-48-36-49(43-57)44-58(74)42-48/h1-34,45-49,55-58,67-68H,35-44H2. The van der Waals surface area contributed by atoms with E-state index in [2.05, 4.69) is 212 Å². The third kappa shape index (κ3) is 6.18. The first-order valence-corrected chi connectivity index (χ1v) is 29.5. The van der Waals surface area contributed by atoms with Gasteiger partial charge in [0.2, 0.25) is 0 Å². The van der Waals surface area contributed by atoms with Gasteiger partial charge in [0.05, 0.1) is 17.3 Å². The van der Waals surface area contributed by atoms with Gasteiger partial charge in [-0.2, -0.15) is 0 Å². The molecule has 3 heteroatoms. The summed E-state index contributed by atoms with van der Waals surface area (Å²) in [6.45, 7) is 0. The van der Waals surface area contributed by atoms with Gasteiger partial charge in [-0.05, 0) is 184 Å². The molecule has 0 radical (unpaired) electrons. The highest BCUT2D eigenvalue weighted by Crippen LogP contribution is 2.70. The molecule has 0 atom stereocenters. The van der Waals surface area contributed by atoms with Crippen LogP contribution in [0.25, 0.3) is 11.4 Å². The second kappa shape index (κ2) is 16.9. The molecule has 1 aromatic heterocycles. The Hall–Kier alpha value is -7.23. The fourth-order valence-corrected chi connectivity index (χ4v) is 20.1. The van der Waals surface area contributed by atoms with Gasteiger partial charge in [-0.15, -0.1) is 0 Å². The molecule has 19 rings (SSSR count). The van der Waals surface area contributed by atoms with Crippen LogP contribution in [0.5, 0.6) is 0 Å². The summed E-state index contributed by atoms with van der Waals surface area (Å²) >= 11 is 0. The molecule has 2 spiro atoms. The maximum absolute atomic E-state index is 6.04. The smallest absolute Gasteiger partial charge is 0.163 e. The van der Waals surface area contributed by atoms with Crippen LogP contribution < -0.4 is 0 Å². The predicted octanol–water partition coefficient (Wildman–Crippen LogP) is 16.4. The Labute approximate surface area is 454 Å². The Morgan fingerprint density at radius 1 is 0.299 bits per heavy atom. The van der Waals surface area contributed by atoms with Crippen molar-refractivity contribution in [1.29, 1.82) is 0 Å². The summed E-state index contributed by atoms with van der Waals surface area (Å²) in [5, 5.41) is 0. The molecular formula is C74H65N3. The minimum Gasteiger partial charge on any atom is -0.216 e. The van der Waals surface area contributed by atoms with Gasteiger partial charge >= 0.3 is 0 Å². The highest BCUT2D eigenvalue weighted by atomic mass is 15.0. The van der Waals surface area contributed by atoms with Gasteiger partial charge in [0, 0.05) is 16.4 Å². The Balaban J connectivity index is 0.917. The van der Waals surface area contributed by atoms with Crippen molar-refractivity contribution < 1.29 is 0 Å². The molecule has 8 saturated carbocycles. The zero-order valence-corrected chi connectivity index (χ0v) is 43.9. The minimum absolute atomic E-state index is 0.00793. The van der Waals surface area contributed by atoms with E-state index in [0.717, 1.165) is 46.7 Å². The maximum atomic E-state index is 6.04. The van der Waals surface area contributed by atoms with Crippen LogP contribution >= 0.6 is 0 Å². The molecular weight excluding hydrogens is 931 g/mol. The third-order valence-corrected chi connectivity index (χ3v) is 22.1. The fourth-order valence-electron chi connectivity index (χ4n) is 20.1. The Kier molecular flexibility index (Phi) is 9.84. The molecule has 376 valence electrons. The van der Waals surface area contributed by atoms with Gasteiger partial charge in [0.25, 0.3) is 0 Å². The number of fused-ring (bicyclic) bond motifs is 4. The number of hydrogen-bond acceptors (Lipinski definition) is 3. The van der Waals surface area contributed by atoms with Crippen molar-refractivity contribution in [3.63, 3.8) is 0 Å². The van der Waals surface area contributed by atoms with Crippen LogP contribution in [0.2, 0.25) is 0 Å². The van der Waals surface area contributed by atoms with Crippen LogP contribution in [0.1, 0.15) is 154 Å². The number of rotatable bonds is 7. The largest absolute Gasteiger partial charge is 0.216 e. The molecule has 0 N–H and O–H groups in total. The van der Waals surface area contributed by atoms with E-state index in [9.17, 15) is 0 Å². The van der Waals surface area contributed by atoms with Crippen molar-refractivity contribution in [2.75, 3.05) is 0 Å². The molecule has 8 fully saturated rings. The maximum Gasteiger partial charge on any atom is 0.163 e. The molecule has 3 nitrogen and oxygen atoms in total. The molecule has 8 aromatic carbocycles. The normalized spacial score (nSPS) is 30.4. The number of hydrogen-bond donors (Lipinski definition) is 0. The quantitative estimate of drug-likeness (QED) is 0.149. The van der Waals surface area contributed by atoms with Crippen molar-refractivity contribution in [3.8, 4) is 11.4 Å². The molecule has 10 aliphatic rings. The average molecular weight is 996 g/mol. The van der Waals surface area contributed by atoms with E-state index in [1.165, 1.54) is 109 Å². The summed E-state index contributed by atoms with van der Waals surface area (Å²) < 4.78 is 0. The molecule has 0 aliphatic heterocycles. The molecule has 9 aromatic rings. The molecule has 0 unspecified atom stereocenters. The van der Waals surface area contributed by atoms with E-state index < -0.39 is 5.41 Å². The van der Waals surface area contributed by atoms with Crippen molar-refractivity contribution in [1.82, 2.24) is 15.0 Å². The molecule has 10 aliphatic carbocycles. The zero-order valence-electron chi connectivity index (χ0n) is 43.9. The summed E-state index contributed by atoms with van der Waals surface area (Å²) in [6, 6.07) is 81.0. The second-order valence-electron chi connectivity index (χ2n) is 25.4. The second-order valence-corrected chi connectivity index (χ2v) is 25.4. The molecule has 8 bridgehead atoms. The SMILES string of the molecule is c1ccc(C(c2ccccc2)(c2ccccc2)c2cccc(-c3nc(C4c5ccccc5C5(c6ccccc64)C4CC6CC(C4)CC5C6)nc(C4c5ccccc5C5(c6ccccc64)C4CC6CC(C4)CC5C6)n3)c2)cc1. The summed E-state index contributed by atoms with van der Waals surface area (Å²) in [7, 11) is 0. The summed E-state index contributed by atoms with van der Waals surface area (Å²) in [6.07, 6.45) is 13.6. The summed E-state index contributed by atoms with van der Waals surface area (Å²) in [5.41, 5.74) is 17.0. The van der Waals surface area contributed by atoms with Crippen LogP contribution in [-0.4, -0.2) is 15.0 Å². The van der Waals surface area contributed by atoms with E-state index in [1.807, 2.05) is 0 Å². The lowest BCUT2D eigenvalue weighted by Gasteiger charge is -2.64. The van der Waals surface area contributed by atoms with Crippen LogP contribution in [0.4, 0.5) is 0 Å². The monoisotopic (exact) mass is 996 g/mol. The van der Waals surface area contributed by atoms with E-state index in [-0.39, 0.29) is 22.7 Å². The lowest BCUT2D eigenvalue weighted by atomic mass is 9.40. The third-order valence-electron chi connectivity index (χ3n) is 22.1. The van der Waals surface area contributed by atoms with Gasteiger partial charge in [-0.1, -0.05) is 206 Å². The average Bonchev–Trinajstić information content (AvgIpc) is 3.66. The van der Waals surface area contributed by atoms with Gasteiger partial charge in [-0.3, -0.25) is 0 Å². The van der Waals surface area contributed by atoms with Crippen LogP contribution in [0, 0.1) is 47.3 Å². The fraction of sp³-hybridized carbons (Fsp3) is 0.311. The summed E-state index contributed by atoms with van der Waals surface area (Å²) in [5.74, 6) is 8.24. The van der Waals surface area contributed by atoms with Gasteiger partial charge in [0.1, 0.15) is 11.6 Å². The predicted molar refractivity (Wildman–Crippen MR) is 307 cm³/mol. The highest BCUT2D eigenvalue weighted by molar-refractivity contribution is 5.68. The zero-order chi connectivity index (χ0) is 50.5. The minimum atomic E-state index is -0.624. The first-order chi connectivity index (χ1) is 38.1. The summed E-state index contributed by atoms with van der Waals surface area (Å²) in [4.78, 5) is 17.9. The van der Waals surface area contributed by atoms with Crippen molar-refractivity contribution in [2.24, 2.45) is 47.3 Å². The Morgan fingerprint density at radius 3 is 0.961 bits per heavy atom.